The van der Waals surface area contributed by atoms with E-state index in [2.05, 4.69) is 31.9 Å². The van der Waals surface area contributed by atoms with Gasteiger partial charge < -0.3 is 9.84 Å². The molecule has 4 amide bonds. The number of nitrogens with zero attached hydrogens (tertiary/aromatic N) is 2. The Morgan fingerprint density at radius 2 is 1.62 bits per heavy atom. The number of carbonyl (C=O) groups excluding carboxylic acids is 5. The number of anilines is 1. The number of methoxy groups -OCH3 is 1. The summed E-state index contributed by atoms with van der Waals surface area (Å²) in [5, 5.41) is 10.6. The molecule has 9 nitrogen and oxygen atoms in total. The van der Waals surface area contributed by atoms with Crippen LogP contribution < -0.4 is 9.64 Å². The number of hydrogen-bond donors (Lipinski definition) is 1. The number of amides is 4. The minimum Gasteiger partial charge on any atom is -0.503 e. The second kappa shape index (κ2) is 11.8. The third kappa shape index (κ3) is 4.50. The molecule has 1 N–H and O–H groups in total. The van der Waals surface area contributed by atoms with Crippen LogP contribution in [0.1, 0.15) is 40.2 Å². The Kier molecular flexibility index (Phi) is 8.13. The van der Waals surface area contributed by atoms with Crippen LogP contribution in [-0.2, 0) is 19.2 Å². The maximum atomic E-state index is 14.3. The Hall–Kier alpha value is -3.51. The largest absolute Gasteiger partial charge is 0.503 e. The van der Waals surface area contributed by atoms with Gasteiger partial charge in [-0.2, -0.15) is 0 Å². The molecule has 6 unspecified atom stereocenters. The first-order valence-corrected chi connectivity index (χ1v) is 17.7. The van der Waals surface area contributed by atoms with Gasteiger partial charge >= 0.3 is 0 Å². The number of benzene rings is 3. The molecule has 246 valence electrons. The highest BCUT2D eigenvalue weighted by Gasteiger charge is 2.76. The van der Waals surface area contributed by atoms with Gasteiger partial charge in [-0.05, 0) is 76.7 Å². The molecule has 2 aliphatic carbocycles. The van der Waals surface area contributed by atoms with Crippen molar-refractivity contribution in [3.05, 3.63) is 99.5 Å². The normalized spacial score (nSPS) is 29.4. The quantitative estimate of drug-likeness (QED) is 0.102. The topological polar surface area (TPSA) is 121 Å². The predicted octanol–water partition coefficient (Wildman–Crippen LogP) is 6.31. The molecule has 2 heterocycles. The Bertz CT molecular complexity index is 1960. The number of ketones is 1. The number of likely N-dealkylation sites (tertiary alicyclic amines) is 1. The molecule has 6 atom stereocenters. The average molecular weight is 817 g/mol. The zero-order valence-electron chi connectivity index (χ0n) is 25.2. The van der Waals surface area contributed by atoms with Gasteiger partial charge in [-0.15, -0.1) is 23.2 Å². The Morgan fingerprint density at radius 1 is 0.958 bits per heavy atom. The summed E-state index contributed by atoms with van der Waals surface area (Å²) in [6.07, 6.45) is 1.85. The molecule has 7 rings (SSSR count). The monoisotopic (exact) mass is 814 g/mol. The van der Waals surface area contributed by atoms with E-state index in [-0.39, 0.29) is 40.1 Å². The van der Waals surface area contributed by atoms with Crippen molar-refractivity contribution in [2.75, 3.05) is 17.5 Å². The molecule has 13 heteroatoms. The molecule has 4 aliphatic rings. The van der Waals surface area contributed by atoms with Gasteiger partial charge in [-0.25, -0.2) is 0 Å². The maximum absolute atomic E-state index is 14.3. The molecule has 0 radical (unpaired) electrons. The van der Waals surface area contributed by atoms with Gasteiger partial charge in [0.1, 0.15) is 0 Å². The van der Waals surface area contributed by atoms with E-state index in [1.54, 1.807) is 54.6 Å². The fraction of sp³-hybridized carbons (Fsp3) is 0.286. The predicted molar refractivity (Wildman–Crippen MR) is 185 cm³/mol. The number of ether oxygens (including phenoxy) is 1. The van der Waals surface area contributed by atoms with Crippen LogP contribution in [0.25, 0.3) is 0 Å². The van der Waals surface area contributed by atoms with Crippen molar-refractivity contribution in [3.63, 3.8) is 0 Å². The number of phenols is 1. The number of carbonyl (C=O) groups is 5. The first kappa shape index (κ1) is 33.0. The first-order chi connectivity index (χ1) is 22.9. The van der Waals surface area contributed by atoms with E-state index in [9.17, 15) is 29.1 Å². The Morgan fingerprint density at radius 3 is 2.27 bits per heavy atom. The molecule has 2 saturated heterocycles. The lowest BCUT2D eigenvalue weighted by molar-refractivity contribution is -0.138. The number of hydrogen-bond acceptors (Lipinski definition) is 7. The maximum Gasteiger partial charge on any atom is 0.254 e. The van der Waals surface area contributed by atoms with Gasteiger partial charge in [0.25, 0.3) is 11.8 Å². The first-order valence-electron chi connectivity index (χ1n) is 15.0. The fourth-order valence-corrected chi connectivity index (χ4v) is 9.70. The summed E-state index contributed by atoms with van der Waals surface area (Å²) in [4.78, 5) is 67.3. The van der Waals surface area contributed by atoms with Crippen LogP contribution in [0, 0.1) is 17.8 Å². The third-order valence-electron chi connectivity index (χ3n) is 10.0. The lowest BCUT2D eigenvalue weighted by Crippen LogP contribution is -2.60. The van der Waals surface area contributed by atoms with Crippen molar-refractivity contribution in [2.24, 2.45) is 17.8 Å². The Balaban J connectivity index is 1.30. The number of imide groups is 2. The molecule has 3 aromatic rings. The summed E-state index contributed by atoms with van der Waals surface area (Å²) in [6, 6.07) is 18.2. The van der Waals surface area contributed by atoms with Crippen molar-refractivity contribution in [1.29, 1.82) is 0 Å². The van der Waals surface area contributed by atoms with E-state index >= 15 is 0 Å². The standard InChI is InChI=1S/C35H26Br2Cl2N2O7/c1-48-25-14-19(13-24(37)29(25)43)27-21-11-12-22-26(23(21)15-34(38)32(46)40(16-36)33(47)35(27,34)39)31(45)41(30(22)44)20-9-7-18(8-10-20)28(42)17-5-3-2-4-6-17/h2-11,13-14,22-23,26-27,43H,12,15-16H2,1H3. The minimum atomic E-state index is -2.00. The van der Waals surface area contributed by atoms with Crippen molar-refractivity contribution in [1.82, 2.24) is 4.90 Å². The second-order valence-electron chi connectivity index (χ2n) is 12.3. The number of allylic oxidation sites excluding steroid dienone is 2. The smallest absolute Gasteiger partial charge is 0.254 e. The number of phenolic OH excluding ortho intramolecular Hbond substituents is 1. The molecular weight excluding hydrogens is 791 g/mol. The Labute approximate surface area is 302 Å². The SMILES string of the molecule is COc1cc(C2C3=CCC4C(=O)N(c5ccc(C(=O)c6ccccc6)cc5)C(=O)C4C3CC3(Cl)C(=O)N(CBr)C(=O)C23Cl)cc(Br)c1O. The molecule has 48 heavy (non-hydrogen) atoms. The van der Waals surface area contributed by atoms with E-state index in [0.717, 1.165) is 9.80 Å². The zero-order valence-corrected chi connectivity index (χ0v) is 29.8. The van der Waals surface area contributed by atoms with E-state index in [4.69, 9.17) is 27.9 Å². The van der Waals surface area contributed by atoms with Crippen LogP contribution >= 0.6 is 55.1 Å². The molecule has 0 aromatic heterocycles. The summed E-state index contributed by atoms with van der Waals surface area (Å²) in [6.45, 7) is 0. The lowest BCUT2D eigenvalue weighted by Gasteiger charge is -2.50. The summed E-state index contributed by atoms with van der Waals surface area (Å²) < 4.78 is 5.65. The second-order valence-corrected chi connectivity index (χ2v) is 14.9. The van der Waals surface area contributed by atoms with Crippen LogP contribution in [0.4, 0.5) is 5.69 Å². The third-order valence-corrected chi connectivity index (χ3v) is 12.6. The van der Waals surface area contributed by atoms with Gasteiger partial charge in [0.05, 0.1) is 34.6 Å². The molecule has 3 aromatic carbocycles. The highest BCUT2D eigenvalue weighted by atomic mass is 79.9. The highest BCUT2D eigenvalue weighted by Crippen LogP contribution is 2.66. The van der Waals surface area contributed by atoms with Crippen LogP contribution in [0.2, 0.25) is 0 Å². The van der Waals surface area contributed by atoms with Crippen molar-refractivity contribution < 1.29 is 33.8 Å². The fourth-order valence-electron chi connectivity index (χ4n) is 7.82. The van der Waals surface area contributed by atoms with Crippen LogP contribution in [0.3, 0.4) is 0 Å². The number of aromatic hydroxyl groups is 1. The van der Waals surface area contributed by atoms with Crippen LogP contribution in [-0.4, -0.2) is 61.7 Å². The van der Waals surface area contributed by atoms with E-state index in [1.165, 1.54) is 13.2 Å². The molecule has 2 aliphatic heterocycles. The van der Waals surface area contributed by atoms with Gasteiger partial charge in [-0.3, -0.25) is 33.8 Å². The summed E-state index contributed by atoms with van der Waals surface area (Å²) >= 11 is 21.2. The molecule has 1 saturated carbocycles. The summed E-state index contributed by atoms with van der Waals surface area (Å²) in [5.74, 6) is -5.96. The van der Waals surface area contributed by atoms with Gasteiger partial charge in [-0.1, -0.05) is 57.9 Å². The van der Waals surface area contributed by atoms with E-state index in [1.807, 2.05) is 12.1 Å². The number of alkyl halides is 3. The summed E-state index contributed by atoms with van der Waals surface area (Å²) in [7, 11) is 1.38. The average Bonchev–Trinajstić information content (AvgIpc) is 3.43. The lowest BCUT2D eigenvalue weighted by atomic mass is 9.56. The van der Waals surface area contributed by atoms with Gasteiger partial charge in [0.2, 0.25) is 11.8 Å². The number of fused-ring (bicyclic) bond motifs is 4. The van der Waals surface area contributed by atoms with Crippen LogP contribution in [0.5, 0.6) is 11.5 Å². The highest BCUT2D eigenvalue weighted by molar-refractivity contribution is 9.10. The minimum absolute atomic E-state index is 0.0952. The summed E-state index contributed by atoms with van der Waals surface area (Å²) in [5.41, 5.74) is 2.11. The zero-order chi connectivity index (χ0) is 34.3. The van der Waals surface area contributed by atoms with Crippen molar-refractivity contribution in [3.8, 4) is 11.5 Å². The van der Waals surface area contributed by atoms with Gasteiger partial charge in [0.15, 0.2) is 27.0 Å². The van der Waals surface area contributed by atoms with Crippen molar-refractivity contribution in [2.45, 2.75) is 28.5 Å². The van der Waals surface area contributed by atoms with Crippen molar-refractivity contribution >= 4 is 90.2 Å². The van der Waals surface area contributed by atoms with E-state index < -0.39 is 57.0 Å². The van der Waals surface area contributed by atoms with Crippen LogP contribution in [0.15, 0.2) is 82.9 Å². The number of rotatable bonds is 6. The molecule has 0 spiro atoms. The van der Waals surface area contributed by atoms with Gasteiger partial charge in [0, 0.05) is 17.0 Å². The number of halogens is 4. The molecule has 0 bridgehead atoms. The molecule has 3 fully saturated rings. The molecular formula is C35H26Br2Cl2N2O7. The van der Waals surface area contributed by atoms with E-state index in [0.29, 0.717) is 28.0 Å².